The zero-order valence-corrected chi connectivity index (χ0v) is 13.1. The molecule has 0 spiro atoms. The van der Waals surface area contributed by atoms with Gasteiger partial charge in [-0.15, -0.1) is 0 Å². The lowest BCUT2D eigenvalue weighted by atomic mass is 10.0. The lowest BCUT2D eigenvalue weighted by Crippen LogP contribution is -2.43. The van der Waals surface area contributed by atoms with E-state index in [1.54, 1.807) is 6.92 Å². The van der Waals surface area contributed by atoms with Gasteiger partial charge in [0.1, 0.15) is 0 Å². The van der Waals surface area contributed by atoms with E-state index in [9.17, 15) is 9.90 Å². The number of nitrogens with zero attached hydrogens (tertiary/aromatic N) is 1. The number of rotatable bonds is 4. The standard InChI is InChI=1S/C19H21NO3/c1-2-23-19(22)18-17(21)13-16(14-9-5-3-6-10-14)20(18)15-11-7-4-8-12-15/h3-12,16-18,21H,2,13H2,1H3/t16-,17-,18+/m1/s1. The van der Waals surface area contributed by atoms with E-state index in [0.29, 0.717) is 13.0 Å². The Hall–Kier alpha value is -2.33. The maximum absolute atomic E-state index is 12.4. The van der Waals surface area contributed by atoms with Gasteiger partial charge in [0, 0.05) is 12.1 Å². The first kappa shape index (κ1) is 15.6. The first-order valence-corrected chi connectivity index (χ1v) is 7.95. The van der Waals surface area contributed by atoms with Crippen molar-refractivity contribution in [3.05, 3.63) is 66.2 Å². The minimum absolute atomic E-state index is 0.0528. The second kappa shape index (κ2) is 6.84. The monoisotopic (exact) mass is 311 g/mol. The fourth-order valence-corrected chi connectivity index (χ4v) is 3.26. The summed E-state index contributed by atoms with van der Waals surface area (Å²) >= 11 is 0. The Labute approximate surface area is 136 Å². The molecule has 0 bridgehead atoms. The summed E-state index contributed by atoms with van der Waals surface area (Å²) in [6, 6.07) is 19.0. The van der Waals surface area contributed by atoms with Crippen LogP contribution >= 0.6 is 0 Å². The van der Waals surface area contributed by atoms with E-state index >= 15 is 0 Å². The summed E-state index contributed by atoms with van der Waals surface area (Å²) in [6.07, 6.45) is -0.248. The number of carbonyl (C=O) groups excluding carboxylic acids is 1. The first-order valence-electron chi connectivity index (χ1n) is 7.95. The molecular weight excluding hydrogens is 290 g/mol. The van der Waals surface area contributed by atoms with E-state index in [1.807, 2.05) is 65.6 Å². The number of hydrogen-bond acceptors (Lipinski definition) is 4. The fraction of sp³-hybridized carbons (Fsp3) is 0.316. The molecule has 3 rings (SSSR count). The molecule has 2 aromatic carbocycles. The molecule has 120 valence electrons. The third-order valence-corrected chi connectivity index (χ3v) is 4.23. The molecule has 4 nitrogen and oxygen atoms in total. The quantitative estimate of drug-likeness (QED) is 0.882. The van der Waals surface area contributed by atoms with E-state index in [2.05, 4.69) is 0 Å². The largest absolute Gasteiger partial charge is 0.464 e. The van der Waals surface area contributed by atoms with Crippen molar-refractivity contribution in [2.45, 2.75) is 31.5 Å². The Balaban J connectivity index is 2.01. The highest BCUT2D eigenvalue weighted by atomic mass is 16.5. The molecule has 1 aliphatic rings. The zero-order valence-electron chi connectivity index (χ0n) is 13.1. The molecule has 2 aromatic rings. The van der Waals surface area contributed by atoms with E-state index in [0.717, 1.165) is 11.3 Å². The summed E-state index contributed by atoms with van der Waals surface area (Å²) < 4.78 is 5.19. The van der Waals surface area contributed by atoms with Gasteiger partial charge in [0.25, 0.3) is 0 Å². The molecule has 0 saturated carbocycles. The van der Waals surface area contributed by atoms with Gasteiger partial charge in [-0.05, 0) is 24.6 Å². The minimum atomic E-state index is -0.750. The van der Waals surface area contributed by atoms with E-state index in [-0.39, 0.29) is 12.0 Å². The van der Waals surface area contributed by atoms with Gasteiger partial charge >= 0.3 is 5.97 Å². The van der Waals surface area contributed by atoms with Crippen LogP contribution in [0.1, 0.15) is 24.9 Å². The molecule has 0 unspecified atom stereocenters. The summed E-state index contributed by atoms with van der Waals surface area (Å²) in [5.41, 5.74) is 2.00. The Morgan fingerprint density at radius 1 is 1.13 bits per heavy atom. The van der Waals surface area contributed by atoms with Gasteiger partial charge in [-0.2, -0.15) is 0 Å². The minimum Gasteiger partial charge on any atom is -0.464 e. The van der Waals surface area contributed by atoms with Crippen molar-refractivity contribution < 1.29 is 14.6 Å². The highest BCUT2D eigenvalue weighted by molar-refractivity contribution is 5.82. The SMILES string of the molecule is CCOC(=O)[C@@H]1[C@H](O)C[C@H](c2ccccc2)N1c1ccccc1. The number of aliphatic hydroxyl groups excluding tert-OH is 1. The number of hydrogen-bond donors (Lipinski definition) is 1. The molecule has 0 aromatic heterocycles. The topological polar surface area (TPSA) is 49.8 Å². The third kappa shape index (κ3) is 3.08. The van der Waals surface area contributed by atoms with Crippen LogP contribution in [-0.4, -0.2) is 29.8 Å². The average Bonchev–Trinajstić information content (AvgIpc) is 2.94. The van der Waals surface area contributed by atoms with Crippen molar-refractivity contribution in [1.29, 1.82) is 0 Å². The Bertz CT molecular complexity index is 644. The van der Waals surface area contributed by atoms with Crippen LogP contribution in [0.3, 0.4) is 0 Å². The normalized spacial score (nSPS) is 23.7. The fourth-order valence-electron chi connectivity index (χ4n) is 3.26. The lowest BCUT2D eigenvalue weighted by molar-refractivity contribution is -0.146. The molecule has 1 N–H and O–H groups in total. The third-order valence-electron chi connectivity index (χ3n) is 4.23. The first-order chi connectivity index (χ1) is 11.2. The number of anilines is 1. The molecule has 3 atom stereocenters. The summed E-state index contributed by atoms with van der Waals surface area (Å²) in [6.45, 7) is 2.08. The van der Waals surface area contributed by atoms with Gasteiger partial charge in [0.15, 0.2) is 6.04 Å². The Kier molecular flexibility index (Phi) is 4.63. The van der Waals surface area contributed by atoms with Crippen molar-refractivity contribution in [1.82, 2.24) is 0 Å². The van der Waals surface area contributed by atoms with Crippen LogP contribution < -0.4 is 4.90 Å². The average molecular weight is 311 g/mol. The van der Waals surface area contributed by atoms with Gasteiger partial charge in [-0.25, -0.2) is 4.79 Å². The van der Waals surface area contributed by atoms with Gasteiger partial charge < -0.3 is 14.7 Å². The van der Waals surface area contributed by atoms with Crippen molar-refractivity contribution >= 4 is 11.7 Å². The molecule has 1 fully saturated rings. The zero-order chi connectivity index (χ0) is 16.2. The van der Waals surface area contributed by atoms with Crippen LogP contribution in [0.2, 0.25) is 0 Å². The second-order valence-electron chi connectivity index (χ2n) is 5.67. The molecule has 1 saturated heterocycles. The number of para-hydroxylation sites is 1. The van der Waals surface area contributed by atoms with E-state index in [1.165, 1.54) is 0 Å². The molecule has 4 heteroatoms. The number of benzene rings is 2. The number of ether oxygens (including phenoxy) is 1. The predicted octanol–water partition coefficient (Wildman–Crippen LogP) is 2.93. The van der Waals surface area contributed by atoms with Crippen molar-refractivity contribution in [2.24, 2.45) is 0 Å². The lowest BCUT2D eigenvalue weighted by Gasteiger charge is -2.31. The van der Waals surface area contributed by atoms with Crippen LogP contribution in [0.25, 0.3) is 0 Å². The highest BCUT2D eigenvalue weighted by Gasteiger charge is 2.46. The Morgan fingerprint density at radius 3 is 2.35 bits per heavy atom. The van der Waals surface area contributed by atoms with E-state index < -0.39 is 12.1 Å². The van der Waals surface area contributed by atoms with Crippen LogP contribution in [-0.2, 0) is 9.53 Å². The van der Waals surface area contributed by atoms with Crippen LogP contribution in [0, 0.1) is 0 Å². The van der Waals surface area contributed by atoms with Crippen molar-refractivity contribution in [3.8, 4) is 0 Å². The molecule has 1 heterocycles. The summed E-state index contributed by atoms with van der Waals surface area (Å²) in [4.78, 5) is 14.4. The summed E-state index contributed by atoms with van der Waals surface area (Å²) in [5, 5.41) is 10.5. The van der Waals surface area contributed by atoms with Crippen molar-refractivity contribution in [3.63, 3.8) is 0 Å². The Morgan fingerprint density at radius 2 is 1.74 bits per heavy atom. The number of esters is 1. The second-order valence-corrected chi connectivity index (χ2v) is 5.67. The van der Waals surface area contributed by atoms with Crippen LogP contribution in [0.4, 0.5) is 5.69 Å². The number of carbonyl (C=O) groups is 1. The van der Waals surface area contributed by atoms with Gasteiger partial charge in [0.2, 0.25) is 0 Å². The summed E-state index contributed by atoms with van der Waals surface area (Å²) in [7, 11) is 0. The maximum Gasteiger partial charge on any atom is 0.331 e. The van der Waals surface area contributed by atoms with E-state index in [4.69, 9.17) is 4.74 Å². The van der Waals surface area contributed by atoms with Crippen LogP contribution in [0.15, 0.2) is 60.7 Å². The molecule has 0 amide bonds. The van der Waals surface area contributed by atoms with Gasteiger partial charge in [-0.3, -0.25) is 0 Å². The molecular formula is C19H21NO3. The molecule has 0 aliphatic carbocycles. The number of aliphatic hydroxyl groups is 1. The van der Waals surface area contributed by atoms with Crippen molar-refractivity contribution in [2.75, 3.05) is 11.5 Å². The molecule has 1 aliphatic heterocycles. The smallest absolute Gasteiger partial charge is 0.331 e. The van der Waals surface area contributed by atoms with Crippen LogP contribution in [0.5, 0.6) is 0 Å². The molecule has 0 radical (unpaired) electrons. The maximum atomic E-state index is 12.4. The van der Waals surface area contributed by atoms with Gasteiger partial charge in [0.05, 0.1) is 18.8 Å². The highest BCUT2D eigenvalue weighted by Crippen LogP contribution is 2.40. The molecule has 23 heavy (non-hydrogen) atoms. The summed E-state index contributed by atoms with van der Waals surface area (Å²) in [5.74, 6) is -0.373. The van der Waals surface area contributed by atoms with Gasteiger partial charge in [-0.1, -0.05) is 48.5 Å². The predicted molar refractivity (Wildman–Crippen MR) is 89.1 cm³/mol.